The van der Waals surface area contributed by atoms with Gasteiger partial charge in [-0.15, -0.1) is 0 Å². The van der Waals surface area contributed by atoms with Gasteiger partial charge in [0.25, 0.3) is 0 Å². The summed E-state index contributed by atoms with van der Waals surface area (Å²) in [5, 5.41) is 11.0. The Kier molecular flexibility index (Phi) is 7.83. The van der Waals surface area contributed by atoms with Gasteiger partial charge in [0, 0.05) is 13.0 Å². The molecule has 126 valence electrons. The maximum absolute atomic E-state index is 11.8. The van der Waals surface area contributed by atoms with Gasteiger partial charge in [-0.2, -0.15) is 0 Å². The monoisotopic (exact) mass is 316 g/mol. The Bertz CT molecular complexity index is 395. The van der Waals surface area contributed by atoms with Crippen LogP contribution >= 0.6 is 0 Å². The summed E-state index contributed by atoms with van der Waals surface area (Å²) in [6.45, 7) is 0.318. The van der Waals surface area contributed by atoms with Gasteiger partial charge in [0.1, 0.15) is 6.04 Å². The molecule has 0 heterocycles. The number of nitrogens with two attached hydrogens (primary N) is 1. The summed E-state index contributed by atoms with van der Waals surface area (Å²) in [5.74, 6) is -2.48. The van der Waals surface area contributed by atoms with E-state index in [1.807, 2.05) is 0 Å². The molecule has 4 N–H and O–H groups in total. The number of amides is 1. The molecule has 22 heavy (non-hydrogen) atoms. The van der Waals surface area contributed by atoms with Crippen molar-refractivity contribution in [2.45, 2.75) is 56.7 Å². The van der Waals surface area contributed by atoms with E-state index < -0.39 is 36.4 Å². The highest BCUT2D eigenvalue weighted by Crippen LogP contribution is 2.21. The third kappa shape index (κ3) is 6.40. The molecule has 0 spiro atoms. The zero-order valence-corrected chi connectivity index (χ0v) is 12.7. The van der Waals surface area contributed by atoms with E-state index in [1.54, 1.807) is 0 Å². The minimum Gasteiger partial charge on any atom is -0.481 e. The number of carboxylic acids is 1. The summed E-state index contributed by atoms with van der Waals surface area (Å²) in [6.07, 6.45) is 4.28. The fourth-order valence-electron chi connectivity index (χ4n) is 2.36. The zero-order valence-electron chi connectivity index (χ0n) is 12.7. The first-order chi connectivity index (χ1) is 10.4. The number of hydrogen-bond donors (Lipinski definition) is 3. The SMILES string of the molecule is COC(=O)[C@H](CCOC1CCCC1)NC(=O)[C@@H](N)CC(=O)O. The molecule has 0 radical (unpaired) electrons. The number of carbonyl (C=O) groups excluding carboxylic acids is 2. The molecule has 0 aromatic heterocycles. The molecule has 0 aliphatic heterocycles. The van der Waals surface area contributed by atoms with Gasteiger partial charge in [-0.25, -0.2) is 4.79 Å². The fraction of sp³-hybridized carbons (Fsp3) is 0.786. The van der Waals surface area contributed by atoms with Gasteiger partial charge in [0.15, 0.2) is 0 Å². The first-order valence-electron chi connectivity index (χ1n) is 7.41. The van der Waals surface area contributed by atoms with Crippen LogP contribution in [-0.4, -0.2) is 54.9 Å². The molecule has 1 aliphatic carbocycles. The van der Waals surface area contributed by atoms with Gasteiger partial charge in [0.05, 0.1) is 25.7 Å². The van der Waals surface area contributed by atoms with Crippen molar-refractivity contribution in [3.63, 3.8) is 0 Å². The molecule has 2 atom stereocenters. The van der Waals surface area contributed by atoms with E-state index in [1.165, 1.54) is 7.11 Å². The molecule has 1 aliphatic rings. The van der Waals surface area contributed by atoms with Crippen LogP contribution in [0, 0.1) is 0 Å². The second-order valence-corrected chi connectivity index (χ2v) is 5.35. The summed E-state index contributed by atoms with van der Waals surface area (Å²) in [6, 6.07) is -2.10. The summed E-state index contributed by atoms with van der Waals surface area (Å²) < 4.78 is 10.3. The Labute approximate surface area is 129 Å². The molecule has 1 fully saturated rings. The van der Waals surface area contributed by atoms with E-state index in [9.17, 15) is 14.4 Å². The maximum Gasteiger partial charge on any atom is 0.328 e. The molecule has 1 amide bonds. The molecule has 1 saturated carbocycles. The number of carbonyl (C=O) groups is 3. The maximum atomic E-state index is 11.8. The number of methoxy groups -OCH3 is 1. The lowest BCUT2D eigenvalue weighted by atomic mass is 10.1. The smallest absolute Gasteiger partial charge is 0.328 e. The summed E-state index contributed by atoms with van der Waals surface area (Å²) in [7, 11) is 1.22. The van der Waals surface area contributed by atoms with Crippen LogP contribution in [0.3, 0.4) is 0 Å². The second kappa shape index (κ2) is 9.37. The van der Waals surface area contributed by atoms with E-state index in [4.69, 9.17) is 15.6 Å². The summed E-state index contributed by atoms with van der Waals surface area (Å²) >= 11 is 0. The van der Waals surface area contributed by atoms with Crippen LogP contribution in [0.25, 0.3) is 0 Å². The first kappa shape index (κ1) is 18.4. The van der Waals surface area contributed by atoms with E-state index in [-0.39, 0.29) is 12.5 Å². The van der Waals surface area contributed by atoms with Gasteiger partial charge in [-0.1, -0.05) is 12.8 Å². The van der Waals surface area contributed by atoms with Crippen LogP contribution in [-0.2, 0) is 23.9 Å². The lowest BCUT2D eigenvalue weighted by Gasteiger charge is -2.19. The standard InChI is InChI=1S/C14H24N2O6/c1-21-14(20)11(6-7-22-9-4-2-3-5-9)16-13(19)10(15)8-12(17)18/h9-11H,2-8,15H2,1H3,(H,16,19)(H,17,18)/t10-,11-/m0/s1. The van der Waals surface area contributed by atoms with E-state index in [2.05, 4.69) is 10.1 Å². The van der Waals surface area contributed by atoms with Crippen molar-refractivity contribution in [3.05, 3.63) is 0 Å². The van der Waals surface area contributed by atoms with E-state index in [0.29, 0.717) is 6.61 Å². The Morgan fingerprint density at radius 2 is 1.95 bits per heavy atom. The molecular weight excluding hydrogens is 292 g/mol. The van der Waals surface area contributed by atoms with Crippen molar-refractivity contribution >= 4 is 17.8 Å². The first-order valence-corrected chi connectivity index (χ1v) is 7.41. The number of rotatable bonds is 9. The van der Waals surface area contributed by atoms with Crippen LogP contribution in [0.4, 0.5) is 0 Å². The van der Waals surface area contributed by atoms with Crippen molar-refractivity contribution in [2.75, 3.05) is 13.7 Å². The highest BCUT2D eigenvalue weighted by atomic mass is 16.5. The third-order valence-corrected chi connectivity index (χ3v) is 3.60. The third-order valence-electron chi connectivity index (χ3n) is 3.60. The molecule has 0 saturated heterocycles. The minimum atomic E-state index is -1.21. The van der Waals surface area contributed by atoms with Gasteiger partial charge < -0.3 is 25.6 Å². The predicted molar refractivity (Wildman–Crippen MR) is 77.0 cm³/mol. The van der Waals surface area contributed by atoms with Gasteiger partial charge >= 0.3 is 11.9 Å². The summed E-state index contributed by atoms with van der Waals surface area (Å²) in [4.78, 5) is 34.0. The topological polar surface area (TPSA) is 128 Å². The van der Waals surface area contributed by atoms with E-state index >= 15 is 0 Å². The Balaban J connectivity index is 2.43. The molecule has 8 nitrogen and oxygen atoms in total. The van der Waals surface area contributed by atoms with Gasteiger partial charge in [-0.05, 0) is 12.8 Å². The molecule has 8 heteroatoms. The Hall–Kier alpha value is -1.67. The molecule has 0 aromatic carbocycles. The average Bonchev–Trinajstić information content (AvgIpc) is 2.97. The predicted octanol–water partition coefficient (Wildman–Crippen LogP) is -0.204. The lowest BCUT2D eigenvalue weighted by molar-refractivity contribution is -0.146. The van der Waals surface area contributed by atoms with Crippen LogP contribution in [0.5, 0.6) is 0 Å². The van der Waals surface area contributed by atoms with Crippen LogP contribution in [0.15, 0.2) is 0 Å². The molecule has 0 bridgehead atoms. The number of esters is 1. The van der Waals surface area contributed by atoms with Crippen molar-refractivity contribution < 1.29 is 29.0 Å². The molecular formula is C14H24N2O6. The van der Waals surface area contributed by atoms with Crippen LogP contribution < -0.4 is 11.1 Å². The van der Waals surface area contributed by atoms with Crippen molar-refractivity contribution in [1.29, 1.82) is 0 Å². The largest absolute Gasteiger partial charge is 0.481 e. The summed E-state index contributed by atoms with van der Waals surface area (Å²) in [5.41, 5.74) is 5.46. The number of ether oxygens (including phenoxy) is 2. The highest BCUT2D eigenvalue weighted by Gasteiger charge is 2.26. The molecule has 1 rings (SSSR count). The number of hydrogen-bond acceptors (Lipinski definition) is 6. The highest BCUT2D eigenvalue weighted by molar-refractivity contribution is 5.89. The number of carboxylic acid groups (broad SMARTS) is 1. The number of aliphatic carboxylic acids is 1. The van der Waals surface area contributed by atoms with Gasteiger partial charge in [0.2, 0.25) is 5.91 Å². The van der Waals surface area contributed by atoms with Crippen LogP contribution in [0.1, 0.15) is 38.5 Å². The quantitative estimate of drug-likeness (QED) is 0.502. The number of nitrogens with one attached hydrogen (secondary N) is 1. The Morgan fingerprint density at radius 1 is 1.32 bits per heavy atom. The minimum absolute atomic E-state index is 0.211. The lowest BCUT2D eigenvalue weighted by Crippen LogP contribution is -2.49. The van der Waals surface area contributed by atoms with Crippen LogP contribution in [0.2, 0.25) is 0 Å². The zero-order chi connectivity index (χ0) is 16.5. The normalized spacial score (nSPS) is 17.7. The van der Waals surface area contributed by atoms with Gasteiger partial charge in [-0.3, -0.25) is 9.59 Å². The second-order valence-electron chi connectivity index (χ2n) is 5.35. The molecule has 0 aromatic rings. The van der Waals surface area contributed by atoms with Crippen molar-refractivity contribution in [3.8, 4) is 0 Å². The molecule has 0 unspecified atom stereocenters. The van der Waals surface area contributed by atoms with Crippen molar-refractivity contribution in [2.24, 2.45) is 5.73 Å². The van der Waals surface area contributed by atoms with Crippen molar-refractivity contribution in [1.82, 2.24) is 5.32 Å². The average molecular weight is 316 g/mol. The van der Waals surface area contributed by atoms with E-state index in [0.717, 1.165) is 25.7 Å². The Morgan fingerprint density at radius 3 is 2.50 bits per heavy atom. The fourth-order valence-corrected chi connectivity index (χ4v) is 2.36.